The molecule has 144 valence electrons. The molecule has 0 aromatic carbocycles. The van der Waals surface area contributed by atoms with Crippen molar-refractivity contribution in [2.45, 2.75) is 38.9 Å². The van der Waals surface area contributed by atoms with Gasteiger partial charge in [0.15, 0.2) is 0 Å². The topological polar surface area (TPSA) is 59.2 Å². The molecular formula is C17H21ClF3N3OS. The van der Waals surface area contributed by atoms with Gasteiger partial charge in [0.25, 0.3) is 5.91 Å². The Morgan fingerprint density at radius 2 is 2.12 bits per heavy atom. The van der Waals surface area contributed by atoms with Crippen LogP contribution in [0.15, 0.2) is 12.1 Å². The fourth-order valence-electron chi connectivity index (χ4n) is 3.23. The van der Waals surface area contributed by atoms with Crippen molar-refractivity contribution < 1.29 is 18.0 Å². The summed E-state index contributed by atoms with van der Waals surface area (Å²) in [7, 11) is 0. The van der Waals surface area contributed by atoms with Crippen LogP contribution in [0, 0.1) is 12.8 Å². The van der Waals surface area contributed by atoms with E-state index in [1.807, 2.05) is 6.92 Å². The van der Waals surface area contributed by atoms with Gasteiger partial charge < -0.3 is 10.6 Å². The Morgan fingerprint density at radius 3 is 2.73 bits per heavy atom. The maximum absolute atomic E-state index is 12.9. The molecule has 1 amide bonds. The van der Waals surface area contributed by atoms with Gasteiger partial charge in [-0.3, -0.25) is 4.79 Å². The highest BCUT2D eigenvalue weighted by atomic mass is 35.5. The lowest BCUT2D eigenvalue weighted by Gasteiger charge is -2.34. The monoisotopic (exact) mass is 407 g/mol. The number of alkyl halides is 3. The number of hydrogen-bond donors (Lipinski definition) is 1. The van der Waals surface area contributed by atoms with Crippen molar-refractivity contribution in [2.75, 3.05) is 13.1 Å². The van der Waals surface area contributed by atoms with E-state index in [-0.39, 0.29) is 35.1 Å². The van der Waals surface area contributed by atoms with Crippen molar-refractivity contribution in [3.05, 3.63) is 28.3 Å². The molecule has 1 aliphatic heterocycles. The Labute approximate surface area is 160 Å². The quantitative estimate of drug-likeness (QED) is 0.809. The molecule has 0 saturated carbocycles. The summed E-state index contributed by atoms with van der Waals surface area (Å²) in [5, 5.41) is 0.599. The molecule has 3 heterocycles. The molecule has 1 fully saturated rings. The van der Waals surface area contributed by atoms with Crippen LogP contribution in [0.25, 0.3) is 10.2 Å². The first-order valence-corrected chi connectivity index (χ1v) is 9.02. The first-order valence-electron chi connectivity index (χ1n) is 8.20. The number of carbonyl (C=O) groups is 1. The van der Waals surface area contributed by atoms with Gasteiger partial charge in [0.1, 0.15) is 10.5 Å². The number of aromatic nitrogens is 1. The van der Waals surface area contributed by atoms with Crippen molar-refractivity contribution in [3.63, 3.8) is 0 Å². The number of fused-ring (bicyclic) bond motifs is 1. The van der Waals surface area contributed by atoms with Crippen LogP contribution in [-0.2, 0) is 6.18 Å². The number of halogens is 4. The molecule has 0 aliphatic carbocycles. The molecule has 2 aromatic rings. The zero-order valence-corrected chi connectivity index (χ0v) is 16.1. The number of amides is 1. The molecular weight excluding hydrogens is 387 g/mol. The van der Waals surface area contributed by atoms with Gasteiger partial charge in [0.05, 0.1) is 4.88 Å². The third kappa shape index (κ3) is 3.97. The van der Waals surface area contributed by atoms with Gasteiger partial charge in [0.2, 0.25) is 0 Å². The van der Waals surface area contributed by atoms with Gasteiger partial charge in [-0.2, -0.15) is 13.2 Å². The zero-order chi connectivity index (χ0) is 18.4. The number of nitrogens with two attached hydrogens (primary N) is 1. The molecule has 4 nitrogen and oxygen atoms in total. The summed E-state index contributed by atoms with van der Waals surface area (Å²) in [5.41, 5.74) is 5.72. The van der Waals surface area contributed by atoms with Crippen molar-refractivity contribution in [1.82, 2.24) is 9.88 Å². The third-order valence-corrected chi connectivity index (χ3v) is 5.97. The van der Waals surface area contributed by atoms with Crippen LogP contribution < -0.4 is 5.73 Å². The number of piperidine rings is 1. The predicted octanol–water partition coefficient (Wildman–Crippen LogP) is 4.24. The highest BCUT2D eigenvalue weighted by molar-refractivity contribution is 7.20. The van der Waals surface area contributed by atoms with E-state index in [4.69, 9.17) is 5.73 Å². The maximum Gasteiger partial charge on any atom is 0.433 e. The summed E-state index contributed by atoms with van der Waals surface area (Å²) < 4.78 is 38.5. The van der Waals surface area contributed by atoms with Crippen molar-refractivity contribution in [1.29, 1.82) is 0 Å². The lowest BCUT2D eigenvalue weighted by atomic mass is 9.92. The summed E-state index contributed by atoms with van der Waals surface area (Å²) in [5.74, 6) is 0.113. The Morgan fingerprint density at radius 1 is 1.42 bits per heavy atom. The van der Waals surface area contributed by atoms with Crippen LogP contribution in [0.4, 0.5) is 13.2 Å². The number of pyridine rings is 1. The highest BCUT2D eigenvalue weighted by Gasteiger charge is 2.33. The molecule has 1 saturated heterocycles. The summed E-state index contributed by atoms with van der Waals surface area (Å²) in [6.07, 6.45) is -2.62. The lowest BCUT2D eigenvalue weighted by Crippen LogP contribution is -2.45. The normalized spacial score (nSPS) is 19.3. The first kappa shape index (κ1) is 20.9. The largest absolute Gasteiger partial charge is 0.433 e. The molecule has 26 heavy (non-hydrogen) atoms. The van der Waals surface area contributed by atoms with E-state index in [2.05, 4.69) is 4.98 Å². The second-order valence-corrected chi connectivity index (χ2v) is 7.61. The SMILES string of the molecule is Cc1c(C(=O)N2CCCC(C(C)N)C2)sc2nc(C(F)(F)F)ccc12.Cl. The van der Waals surface area contributed by atoms with Gasteiger partial charge in [-0.25, -0.2) is 4.98 Å². The molecule has 0 radical (unpaired) electrons. The van der Waals surface area contributed by atoms with E-state index in [1.54, 1.807) is 11.8 Å². The van der Waals surface area contributed by atoms with E-state index in [0.717, 1.165) is 30.2 Å². The number of thiophene rings is 1. The van der Waals surface area contributed by atoms with Gasteiger partial charge in [-0.1, -0.05) is 0 Å². The number of rotatable bonds is 2. The van der Waals surface area contributed by atoms with Gasteiger partial charge in [-0.05, 0) is 50.3 Å². The number of aryl methyl sites for hydroxylation is 1. The molecule has 2 N–H and O–H groups in total. The Kier molecular flexibility index (Phi) is 6.20. The Bertz CT molecular complexity index is 806. The van der Waals surface area contributed by atoms with Gasteiger partial charge in [0, 0.05) is 24.5 Å². The van der Waals surface area contributed by atoms with Gasteiger partial charge in [-0.15, -0.1) is 23.7 Å². The van der Waals surface area contributed by atoms with E-state index in [9.17, 15) is 18.0 Å². The molecule has 2 unspecified atom stereocenters. The molecule has 1 aliphatic rings. The smallest absolute Gasteiger partial charge is 0.338 e. The summed E-state index contributed by atoms with van der Waals surface area (Å²) in [6, 6.07) is 2.37. The number of nitrogens with zero attached hydrogens (tertiary/aromatic N) is 2. The molecule has 2 atom stereocenters. The fraction of sp³-hybridized carbons (Fsp3) is 0.529. The molecule has 2 aromatic heterocycles. The number of likely N-dealkylation sites (tertiary alicyclic amines) is 1. The van der Waals surface area contributed by atoms with E-state index < -0.39 is 11.9 Å². The van der Waals surface area contributed by atoms with Crippen LogP contribution in [-0.4, -0.2) is 34.9 Å². The summed E-state index contributed by atoms with van der Waals surface area (Å²) >= 11 is 1.03. The molecule has 9 heteroatoms. The van der Waals surface area contributed by atoms with Crippen LogP contribution in [0.3, 0.4) is 0 Å². The van der Waals surface area contributed by atoms with E-state index in [1.165, 1.54) is 6.07 Å². The van der Waals surface area contributed by atoms with Crippen LogP contribution in [0.5, 0.6) is 0 Å². The standard InChI is InChI=1S/C17H20F3N3OS.ClH/c1-9-12-5-6-13(17(18,19)20)22-15(12)25-14(9)16(24)23-7-3-4-11(8-23)10(2)21;/h5-6,10-11H,3-4,7-8,21H2,1-2H3;1H. The Hall–Kier alpha value is -1.38. The number of carbonyl (C=O) groups excluding carboxylic acids is 1. The second kappa shape index (κ2) is 7.70. The average molecular weight is 408 g/mol. The van der Waals surface area contributed by atoms with E-state index >= 15 is 0 Å². The van der Waals surface area contributed by atoms with Gasteiger partial charge >= 0.3 is 6.18 Å². The van der Waals surface area contributed by atoms with Crippen molar-refractivity contribution >= 4 is 39.9 Å². The maximum atomic E-state index is 12.9. The molecule has 3 rings (SSSR count). The minimum Gasteiger partial charge on any atom is -0.338 e. The van der Waals surface area contributed by atoms with Crippen molar-refractivity contribution in [2.24, 2.45) is 11.7 Å². The average Bonchev–Trinajstić information content (AvgIpc) is 2.90. The van der Waals surface area contributed by atoms with E-state index in [0.29, 0.717) is 28.9 Å². The molecule has 0 bridgehead atoms. The number of hydrogen-bond acceptors (Lipinski definition) is 4. The molecule has 0 spiro atoms. The predicted molar refractivity (Wildman–Crippen MR) is 98.9 cm³/mol. The van der Waals surface area contributed by atoms with Crippen LogP contribution in [0.1, 0.15) is 40.7 Å². The third-order valence-electron chi connectivity index (χ3n) is 4.78. The minimum absolute atomic E-state index is 0. The zero-order valence-electron chi connectivity index (χ0n) is 14.5. The minimum atomic E-state index is -4.49. The summed E-state index contributed by atoms with van der Waals surface area (Å²) in [6.45, 7) is 4.93. The summed E-state index contributed by atoms with van der Waals surface area (Å²) in [4.78, 5) is 19.1. The second-order valence-electron chi connectivity index (χ2n) is 6.62. The lowest BCUT2D eigenvalue weighted by molar-refractivity contribution is -0.140. The fourth-order valence-corrected chi connectivity index (χ4v) is 4.38. The van der Waals surface area contributed by atoms with Crippen molar-refractivity contribution in [3.8, 4) is 0 Å². The highest BCUT2D eigenvalue weighted by Crippen LogP contribution is 2.35. The first-order chi connectivity index (χ1) is 11.7. The van der Waals surface area contributed by atoms with Crippen LogP contribution >= 0.6 is 23.7 Å². The van der Waals surface area contributed by atoms with Crippen LogP contribution in [0.2, 0.25) is 0 Å². The Balaban J connectivity index is 0.00000243.